The highest BCUT2D eigenvalue weighted by Crippen LogP contribution is 2.25. The first-order valence-corrected chi connectivity index (χ1v) is 10.2. The Morgan fingerprint density at radius 1 is 1.22 bits per heavy atom. The standard InChI is InChI=1S/C21H35FN4O/c1-5-25(6-2)14-8-7-13-24-21(23-4)26-15-17(3)27-20(16-26)18-9-11-19(22)12-10-18/h9-12,17,20H,5-8,13-16H2,1-4H3,(H,23,24). The van der Waals surface area contributed by atoms with Gasteiger partial charge in [-0.1, -0.05) is 26.0 Å². The van der Waals surface area contributed by atoms with Gasteiger partial charge in [0.15, 0.2) is 5.96 Å². The molecule has 2 atom stereocenters. The summed E-state index contributed by atoms with van der Waals surface area (Å²) in [4.78, 5) is 9.15. The number of halogens is 1. The third-order valence-corrected chi connectivity index (χ3v) is 5.09. The van der Waals surface area contributed by atoms with Crippen LogP contribution in [-0.4, -0.2) is 68.2 Å². The van der Waals surface area contributed by atoms with E-state index in [1.165, 1.54) is 18.6 Å². The summed E-state index contributed by atoms with van der Waals surface area (Å²) in [5, 5.41) is 3.49. The molecule has 0 spiro atoms. The van der Waals surface area contributed by atoms with Crippen LogP contribution in [-0.2, 0) is 4.74 Å². The van der Waals surface area contributed by atoms with Gasteiger partial charge in [0.25, 0.3) is 0 Å². The number of hydrogen-bond acceptors (Lipinski definition) is 3. The lowest BCUT2D eigenvalue weighted by molar-refractivity contribution is -0.0605. The number of ether oxygens (including phenoxy) is 1. The maximum Gasteiger partial charge on any atom is 0.193 e. The maximum absolute atomic E-state index is 13.2. The second-order valence-corrected chi connectivity index (χ2v) is 7.10. The van der Waals surface area contributed by atoms with Crippen molar-refractivity contribution >= 4 is 5.96 Å². The molecular weight excluding hydrogens is 343 g/mol. The number of hydrogen-bond donors (Lipinski definition) is 1. The van der Waals surface area contributed by atoms with Gasteiger partial charge in [-0.2, -0.15) is 0 Å². The van der Waals surface area contributed by atoms with E-state index in [0.717, 1.165) is 57.2 Å². The Morgan fingerprint density at radius 2 is 1.93 bits per heavy atom. The molecule has 0 saturated carbocycles. The lowest BCUT2D eigenvalue weighted by Gasteiger charge is -2.38. The zero-order valence-corrected chi connectivity index (χ0v) is 17.2. The van der Waals surface area contributed by atoms with Gasteiger partial charge < -0.3 is 19.9 Å². The number of rotatable bonds is 8. The van der Waals surface area contributed by atoms with Gasteiger partial charge in [-0.15, -0.1) is 0 Å². The topological polar surface area (TPSA) is 40.1 Å². The monoisotopic (exact) mass is 378 g/mol. The van der Waals surface area contributed by atoms with Crippen LogP contribution in [0.4, 0.5) is 4.39 Å². The summed E-state index contributed by atoms with van der Waals surface area (Å²) in [5.41, 5.74) is 1.00. The van der Waals surface area contributed by atoms with Gasteiger partial charge >= 0.3 is 0 Å². The van der Waals surface area contributed by atoms with Crippen molar-refractivity contribution < 1.29 is 9.13 Å². The van der Waals surface area contributed by atoms with E-state index in [9.17, 15) is 4.39 Å². The molecule has 1 aliphatic heterocycles. The predicted molar refractivity (Wildman–Crippen MR) is 110 cm³/mol. The van der Waals surface area contributed by atoms with Crippen molar-refractivity contribution in [3.05, 3.63) is 35.6 Å². The molecule has 2 rings (SSSR count). The largest absolute Gasteiger partial charge is 0.367 e. The number of morpholine rings is 1. The van der Waals surface area contributed by atoms with Crippen LogP contribution in [0.3, 0.4) is 0 Å². The Kier molecular flexibility index (Phi) is 9.01. The third-order valence-electron chi connectivity index (χ3n) is 5.09. The molecule has 1 fully saturated rings. The van der Waals surface area contributed by atoms with Gasteiger partial charge in [0.05, 0.1) is 12.6 Å². The lowest BCUT2D eigenvalue weighted by atomic mass is 10.1. The van der Waals surface area contributed by atoms with Crippen molar-refractivity contribution in [1.29, 1.82) is 0 Å². The van der Waals surface area contributed by atoms with Crippen molar-refractivity contribution in [2.45, 2.75) is 45.8 Å². The Bertz CT molecular complexity index is 574. The van der Waals surface area contributed by atoms with Gasteiger partial charge in [-0.3, -0.25) is 4.99 Å². The van der Waals surface area contributed by atoms with E-state index in [-0.39, 0.29) is 18.0 Å². The number of guanidine groups is 1. The van der Waals surface area contributed by atoms with Crippen molar-refractivity contribution in [2.75, 3.05) is 46.3 Å². The molecule has 0 amide bonds. The first-order valence-electron chi connectivity index (χ1n) is 10.2. The number of benzene rings is 1. The summed E-state index contributed by atoms with van der Waals surface area (Å²) in [7, 11) is 1.82. The van der Waals surface area contributed by atoms with Crippen LogP contribution in [0, 0.1) is 5.82 Å². The third kappa shape index (κ3) is 6.78. The van der Waals surface area contributed by atoms with E-state index in [1.54, 1.807) is 12.1 Å². The van der Waals surface area contributed by atoms with Crippen molar-refractivity contribution in [1.82, 2.24) is 15.1 Å². The van der Waals surface area contributed by atoms with Crippen molar-refractivity contribution in [2.24, 2.45) is 4.99 Å². The van der Waals surface area contributed by atoms with E-state index in [1.807, 2.05) is 7.05 Å². The Hall–Kier alpha value is -1.66. The molecular formula is C21H35FN4O. The zero-order valence-electron chi connectivity index (χ0n) is 17.2. The van der Waals surface area contributed by atoms with Gasteiger partial charge in [0, 0.05) is 20.1 Å². The van der Waals surface area contributed by atoms with E-state index < -0.39 is 0 Å². The smallest absolute Gasteiger partial charge is 0.193 e. The normalized spacial score (nSPS) is 21.0. The van der Waals surface area contributed by atoms with Crippen LogP contribution in [0.1, 0.15) is 45.3 Å². The molecule has 0 bridgehead atoms. The van der Waals surface area contributed by atoms with Crippen LogP contribution in [0.25, 0.3) is 0 Å². The van der Waals surface area contributed by atoms with Gasteiger partial charge in [0.1, 0.15) is 11.9 Å². The molecule has 1 saturated heterocycles. The first-order chi connectivity index (χ1) is 13.1. The molecule has 0 aromatic heterocycles. The SMILES string of the molecule is CCN(CC)CCCCNC(=NC)N1CC(C)OC(c2ccc(F)cc2)C1. The molecule has 152 valence electrons. The number of aliphatic imine (C=N–C) groups is 1. The fraction of sp³-hybridized carbons (Fsp3) is 0.667. The molecule has 27 heavy (non-hydrogen) atoms. The number of nitrogens with zero attached hydrogens (tertiary/aromatic N) is 3. The van der Waals surface area contributed by atoms with Crippen LogP contribution >= 0.6 is 0 Å². The average molecular weight is 379 g/mol. The molecule has 1 heterocycles. The summed E-state index contributed by atoms with van der Waals surface area (Å²) in [6.45, 7) is 12.3. The fourth-order valence-electron chi connectivity index (χ4n) is 3.52. The molecule has 1 aromatic carbocycles. The average Bonchev–Trinajstić information content (AvgIpc) is 2.67. The lowest BCUT2D eigenvalue weighted by Crippen LogP contribution is -2.50. The Morgan fingerprint density at radius 3 is 2.56 bits per heavy atom. The summed E-state index contributed by atoms with van der Waals surface area (Å²) in [6.07, 6.45) is 2.32. The van der Waals surface area contributed by atoms with Crippen molar-refractivity contribution in [3.8, 4) is 0 Å². The minimum absolute atomic E-state index is 0.0735. The van der Waals surface area contributed by atoms with Crippen LogP contribution in [0.2, 0.25) is 0 Å². The Balaban J connectivity index is 1.85. The van der Waals surface area contributed by atoms with E-state index in [2.05, 4.69) is 40.9 Å². The molecule has 1 N–H and O–H groups in total. The van der Waals surface area contributed by atoms with Crippen LogP contribution in [0.15, 0.2) is 29.3 Å². The molecule has 1 aromatic rings. The Labute approximate surface area is 163 Å². The highest BCUT2D eigenvalue weighted by Gasteiger charge is 2.28. The molecule has 1 aliphatic rings. The molecule has 0 radical (unpaired) electrons. The van der Waals surface area contributed by atoms with E-state index in [4.69, 9.17) is 4.74 Å². The highest BCUT2D eigenvalue weighted by atomic mass is 19.1. The molecule has 2 unspecified atom stereocenters. The second-order valence-electron chi connectivity index (χ2n) is 7.10. The molecule has 0 aliphatic carbocycles. The van der Waals surface area contributed by atoms with Crippen LogP contribution in [0.5, 0.6) is 0 Å². The number of nitrogens with one attached hydrogen (secondary N) is 1. The number of unbranched alkanes of at least 4 members (excludes halogenated alkanes) is 1. The minimum Gasteiger partial charge on any atom is -0.367 e. The summed E-state index contributed by atoms with van der Waals surface area (Å²) in [6, 6.07) is 6.59. The van der Waals surface area contributed by atoms with Gasteiger partial charge in [-0.05, 0) is 57.1 Å². The molecule has 6 heteroatoms. The predicted octanol–water partition coefficient (Wildman–Crippen LogP) is 3.28. The van der Waals surface area contributed by atoms with E-state index in [0.29, 0.717) is 0 Å². The zero-order chi connectivity index (χ0) is 19.6. The second kappa shape index (κ2) is 11.2. The first kappa shape index (κ1) is 21.6. The summed E-state index contributed by atoms with van der Waals surface area (Å²) >= 11 is 0. The quantitative estimate of drug-likeness (QED) is 0.428. The maximum atomic E-state index is 13.2. The summed E-state index contributed by atoms with van der Waals surface area (Å²) < 4.78 is 19.3. The summed E-state index contributed by atoms with van der Waals surface area (Å²) in [5.74, 6) is 0.696. The molecule has 5 nitrogen and oxygen atoms in total. The minimum atomic E-state index is -0.221. The van der Waals surface area contributed by atoms with Crippen LogP contribution < -0.4 is 5.32 Å². The van der Waals surface area contributed by atoms with E-state index >= 15 is 0 Å². The van der Waals surface area contributed by atoms with Gasteiger partial charge in [-0.25, -0.2) is 4.39 Å². The highest BCUT2D eigenvalue weighted by molar-refractivity contribution is 5.80. The van der Waals surface area contributed by atoms with Crippen molar-refractivity contribution in [3.63, 3.8) is 0 Å². The van der Waals surface area contributed by atoms with Gasteiger partial charge in [0.2, 0.25) is 0 Å². The fourth-order valence-corrected chi connectivity index (χ4v) is 3.52.